The fourth-order valence-electron chi connectivity index (χ4n) is 3.26. The van der Waals surface area contributed by atoms with E-state index in [0.717, 1.165) is 29.5 Å². The molecule has 0 radical (unpaired) electrons. The number of rotatable bonds is 7. The highest BCUT2D eigenvalue weighted by atomic mass is 35.5. The summed E-state index contributed by atoms with van der Waals surface area (Å²) in [4.78, 5) is 16.0. The van der Waals surface area contributed by atoms with E-state index in [1.807, 2.05) is 25.1 Å². The molecule has 0 bridgehead atoms. The minimum atomic E-state index is -3.29. The number of carbonyl (C=O) groups is 1. The van der Waals surface area contributed by atoms with Crippen LogP contribution in [0.2, 0.25) is 5.02 Å². The number of aryl methyl sites for hydroxylation is 1. The number of H-pyrrole nitrogens is 1. The zero-order chi connectivity index (χ0) is 21.2. The van der Waals surface area contributed by atoms with Crippen molar-refractivity contribution in [2.75, 3.05) is 11.0 Å². The fourth-order valence-corrected chi connectivity index (χ4v) is 3.95. The highest BCUT2D eigenvalue weighted by Crippen LogP contribution is 2.24. The van der Waals surface area contributed by atoms with Gasteiger partial charge in [0.25, 0.3) is 0 Å². The van der Waals surface area contributed by atoms with Crippen molar-refractivity contribution in [1.29, 1.82) is 0 Å². The molecule has 3 rings (SSSR count). The summed E-state index contributed by atoms with van der Waals surface area (Å²) in [5, 5.41) is 0.594. The van der Waals surface area contributed by atoms with E-state index < -0.39 is 10.0 Å². The maximum atomic E-state index is 12.8. The van der Waals surface area contributed by atoms with E-state index in [0.29, 0.717) is 22.0 Å². The highest BCUT2D eigenvalue weighted by molar-refractivity contribution is 7.92. The van der Waals surface area contributed by atoms with Gasteiger partial charge in [0.15, 0.2) is 0 Å². The lowest BCUT2D eigenvalue weighted by molar-refractivity contribution is 0.103. The van der Waals surface area contributed by atoms with Gasteiger partial charge in [0, 0.05) is 22.0 Å². The van der Waals surface area contributed by atoms with Gasteiger partial charge in [0.1, 0.15) is 0 Å². The number of hydrogen-bond acceptors (Lipinski definition) is 3. The van der Waals surface area contributed by atoms with E-state index >= 15 is 0 Å². The second kappa shape index (κ2) is 8.43. The zero-order valence-corrected chi connectivity index (χ0v) is 18.1. The van der Waals surface area contributed by atoms with Gasteiger partial charge in [-0.25, -0.2) is 8.42 Å². The number of nitrogens with one attached hydrogen (secondary N) is 2. The summed E-state index contributed by atoms with van der Waals surface area (Å²) in [5.74, 6) is 0.132. The number of hydrogen-bond donors (Lipinski definition) is 2. The molecule has 0 saturated heterocycles. The molecular weight excluding hydrogens is 408 g/mol. The molecule has 1 atom stereocenters. The van der Waals surface area contributed by atoms with Gasteiger partial charge in [-0.15, -0.1) is 0 Å². The summed E-state index contributed by atoms with van der Waals surface area (Å²) >= 11 is 5.90. The third-order valence-corrected chi connectivity index (χ3v) is 5.57. The summed E-state index contributed by atoms with van der Waals surface area (Å²) in [6, 6.07) is 16.2. The summed E-state index contributed by atoms with van der Waals surface area (Å²) in [5.41, 5.74) is 4.68. The number of ketones is 1. The van der Waals surface area contributed by atoms with Crippen LogP contribution in [0.1, 0.15) is 45.7 Å². The lowest BCUT2D eigenvalue weighted by Gasteiger charge is -2.12. The molecule has 0 fully saturated rings. The van der Waals surface area contributed by atoms with Crippen LogP contribution in [0.5, 0.6) is 0 Å². The van der Waals surface area contributed by atoms with E-state index in [4.69, 9.17) is 11.6 Å². The Kier molecular flexibility index (Phi) is 6.15. The Hall–Kier alpha value is -2.57. The number of benzene rings is 2. The molecule has 1 heterocycles. The Morgan fingerprint density at radius 1 is 1.10 bits per heavy atom. The molecule has 7 heteroatoms. The first-order valence-corrected chi connectivity index (χ1v) is 11.5. The van der Waals surface area contributed by atoms with Crippen molar-refractivity contribution in [1.82, 2.24) is 4.98 Å². The van der Waals surface area contributed by atoms with Crippen LogP contribution in [-0.4, -0.2) is 25.4 Å². The molecular formula is C22H23ClN2O3S. The summed E-state index contributed by atoms with van der Waals surface area (Å²) in [6.07, 6.45) is 1.85. The number of sulfonamides is 1. The van der Waals surface area contributed by atoms with Crippen molar-refractivity contribution in [3.05, 3.63) is 87.7 Å². The van der Waals surface area contributed by atoms with Gasteiger partial charge < -0.3 is 4.98 Å². The van der Waals surface area contributed by atoms with E-state index in [1.165, 1.54) is 0 Å². The van der Waals surface area contributed by atoms with Crippen molar-refractivity contribution in [2.45, 2.75) is 26.2 Å². The number of aromatic nitrogens is 1. The molecule has 0 amide bonds. The number of anilines is 1. The van der Waals surface area contributed by atoms with Crippen LogP contribution >= 0.6 is 11.6 Å². The number of carbonyl (C=O) groups excluding carboxylic acids is 1. The van der Waals surface area contributed by atoms with Crippen molar-refractivity contribution in [3.63, 3.8) is 0 Å². The van der Waals surface area contributed by atoms with Gasteiger partial charge >= 0.3 is 0 Å². The monoisotopic (exact) mass is 430 g/mol. The van der Waals surface area contributed by atoms with Gasteiger partial charge in [-0.2, -0.15) is 0 Å². The van der Waals surface area contributed by atoms with Crippen LogP contribution in [0.4, 0.5) is 5.69 Å². The molecule has 0 aliphatic carbocycles. The molecule has 0 spiro atoms. The number of aromatic amines is 1. The van der Waals surface area contributed by atoms with Crippen molar-refractivity contribution in [3.8, 4) is 0 Å². The predicted octanol–water partition coefficient (Wildman–Crippen LogP) is 4.93. The largest absolute Gasteiger partial charge is 0.355 e. The Morgan fingerprint density at radius 3 is 2.31 bits per heavy atom. The van der Waals surface area contributed by atoms with Crippen LogP contribution in [-0.2, 0) is 16.4 Å². The maximum absolute atomic E-state index is 12.8. The normalized spacial score (nSPS) is 12.6. The van der Waals surface area contributed by atoms with Crippen molar-refractivity contribution >= 4 is 33.1 Å². The van der Waals surface area contributed by atoms with Crippen LogP contribution in [0.15, 0.2) is 54.6 Å². The van der Waals surface area contributed by atoms with E-state index in [9.17, 15) is 13.2 Å². The van der Waals surface area contributed by atoms with Gasteiger partial charge in [-0.1, -0.05) is 30.7 Å². The fraction of sp³-hybridized carbons (Fsp3) is 0.227. The second-order valence-corrected chi connectivity index (χ2v) is 9.47. The first-order valence-electron chi connectivity index (χ1n) is 9.19. The molecule has 0 aliphatic heterocycles. The van der Waals surface area contributed by atoms with Gasteiger partial charge in [-0.3, -0.25) is 9.52 Å². The number of halogens is 1. The average molecular weight is 431 g/mol. The molecule has 0 aliphatic rings. The van der Waals surface area contributed by atoms with Crippen LogP contribution < -0.4 is 4.72 Å². The molecule has 3 aromatic rings. The minimum absolute atomic E-state index is 0.0609. The van der Waals surface area contributed by atoms with Gasteiger partial charge in [0.2, 0.25) is 15.8 Å². The zero-order valence-electron chi connectivity index (χ0n) is 16.5. The lowest BCUT2D eigenvalue weighted by Crippen LogP contribution is -2.09. The molecule has 152 valence electrons. The minimum Gasteiger partial charge on any atom is -0.355 e. The van der Waals surface area contributed by atoms with Crippen LogP contribution in [0.25, 0.3) is 0 Å². The van der Waals surface area contributed by atoms with Crippen molar-refractivity contribution in [2.24, 2.45) is 0 Å². The Labute approximate surface area is 176 Å². The predicted molar refractivity (Wildman–Crippen MR) is 117 cm³/mol. The highest BCUT2D eigenvalue weighted by Gasteiger charge is 2.16. The molecule has 1 aromatic heterocycles. The Morgan fingerprint density at radius 2 is 1.72 bits per heavy atom. The molecule has 2 N–H and O–H groups in total. The van der Waals surface area contributed by atoms with Crippen LogP contribution in [0, 0.1) is 6.92 Å². The van der Waals surface area contributed by atoms with Gasteiger partial charge in [0.05, 0.1) is 11.9 Å². The molecule has 2 aromatic carbocycles. The molecule has 0 saturated carbocycles. The third kappa shape index (κ3) is 5.49. The summed E-state index contributed by atoms with van der Waals surface area (Å²) in [6.45, 7) is 4.01. The lowest BCUT2D eigenvalue weighted by atomic mass is 9.96. The molecule has 5 nitrogen and oxygen atoms in total. The average Bonchev–Trinajstić information content (AvgIpc) is 3.01. The summed E-state index contributed by atoms with van der Waals surface area (Å²) < 4.78 is 25.1. The van der Waals surface area contributed by atoms with Crippen LogP contribution in [0.3, 0.4) is 0 Å². The first kappa shape index (κ1) is 21.1. The second-order valence-electron chi connectivity index (χ2n) is 7.29. The van der Waals surface area contributed by atoms with E-state index in [1.54, 1.807) is 36.4 Å². The Balaban J connectivity index is 1.73. The quantitative estimate of drug-likeness (QED) is 0.522. The molecule has 1 unspecified atom stereocenters. The smallest absolute Gasteiger partial charge is 0.229 e. The molecule has 29 heavy (non-hydrogen) atoms. The standard InChI is InChI=1S/C22H23ClN2O3S/c1-14(16-6-10-19(11-7-16)25-29(3,27)28)12-20-13-15(2)21(24-20)22(26)17-4-8-18(23)9-5-17/h4-11,13-14,24-25H,12H2,1-3H3. The topological polar surface area (TPSA) is 79.0 Å². The third-order valence-electron chi connectivity index (χ3n) is 4.71. The van der Waals surface area contributed by atoms with E-state index in [-0.39, 0.29) is 11.7 Å². The maximum Gasteiger partial charge on any atom is 0.229 e. The SMILES string of the molecule is Cc1cc(CC(C)c2ccc(NS(C)(=O)=O)cc2)[nH]c1C(=O)c1ccc(Cl)cc1. The van der Waals surface area contributed by atoms with E-state index in [2.05, 4.69) is 16.6 Å². The Bertz CT molecular complexity index is 1120. The summed E-state index contributed by atoms with van der Waals surface area (Å²) in [7, 11) is -3.29. The van der Waals surface area contributed by atoms with Crippen molar-refractivity contribution < 1.29 is 13.2 Å². The van der Waals surface area contributed by atoms with Gasteiger partial charge in [-0.05, 0) is 72.9 Å². The first-order chi connectivity index (χ1) is 13.6.